The summed E-state index contributed by atoms with van der Waals surface area (Å²) < 4.78 is 38.7. The molecule has 0 amide bonds. The molecule has 1 aromatic carbocycles. The van der Waals surface area contributed by atoms with Crippen LogP contribution in [0, 0.1) is 0 Å². The maximum atomic E-state index is 13.2. The number of hydrogen-bond donors (Lipinski definition) is 2. The van der Waals surface area contributed by atoms with Crippen molar-refractivity contribution in [3.63, 3.8) is 0 Å². The fourth-order valence-electron chi connectivity index (χ4n) is 3.15. The number of Topliss-reactive ketones (excluding diaryl/α,β-unsaturated/α-hetero) is 1. The molecular weight excluding hydrogens is 417 g/mol. The van der Waals surface area contributed by atoms with Crippen molar-refractivity contribution < 1.29 is 23.1 Å². The molecule has 0 saturated carbocycles. The summed E-state index contributed by atoms with van der Waals surface area (Å²) in [6.07, 6.45) is -1.03. The van der Waals surface area contributed by atoms with Gasteiger partial charge in [0.2, 0.25) is 0 Å². The van der Waals surface area contributed by atoms with Crippen LogP contribution in [0.25, 0.3) is 0 Å². The summed E-state index contributed by atoms with van der Waals surface area (Å²) in [5.41, 5.74) is 6.23. The smallest absolute Gasteiger partial charge is 0.398 e. The highest BCUT2D eigenvalue weighted by Gasteiger charge is 2.34. The normalized spacial score (nSPS) is 16.3. The van der Waals surface area contributed by atoms with Crippen LogP contribution in [0.4, 0.5) is 13.2 Å². The first-order chi connectivity index (χ1) is 14.2. The maximum Gasteiger partial charge on any atom is 0.412 e. The lowest BCUT2D eigenvalue weighted by molar-refractivity contribution is -0.0941. The van der Waals surface area contributed by atoms with Gasteiger partial charge in [0.1, 0.15) is 6.10 Å². The Balaban J connectivity index is 2.10. The number of nitrogens with two attached hydrogens (primary N) is 1. The van der Waals surface area contributed by atoms with Crippen molar-refractivity contribution in [1.29, 1.82) is 0 Å². The van der Waals surface area contributed by atoms with Gasteiger partial charge in [-0.3, -0.25) is 9.78 Å². The van der Waals surface area contributed by atoms with Crippen molar-refractivity contribution in [1.82, 2.24) is 4.98 Å². The number of aliphatic hydroxyl groups excluding tert-OH is 1. The molecule has 1 aromatic heterocycles. The van der Waals surface area contributed by atoms with Crippen molar-refractivity contribution in [2.75, 3.05) is 0 Å². The van der Waals surface area contributed by atoms with Gasteiger partial charge in [0, 0.05) is 39.8 Å². The van der Waals surface area contributed by atoms with Crippen LogP contribution in [0.2, 0.25) is 5.02 Å². The lowest BCUT2D eigenvalue weighted by Gasteiger charge is -2.22. The molecular formula is C22H18ClF3N2O2. The molecule has 0 saturated heterocycles. The van der Waals surface area contributed by atoms with Gasteiger partial charge in [-0.2, -0.15) is 13.2 Å². The van der Waals surface area contributed by atoms with E-state index < -0.39 is 23.6 Å². The molecule has 3 rings (SSSR count). The quantitative estimate of drug-likeness (QED) is 0.508. The Morgan fingerprint density at radius 3 is 2.50 bits per heavy atom. The number of pyridine rings is 1. The molecule has 0 fully saturated rings. The molecule has 0 aliphatic heterocycles. The summed E-state index contributed by atoms with van der Waals surface area (Å²) in [6, 6.07) is 9.30. The van der Waals surface area contributed by atoms with Gasteiger partial charge in [-0.05, 0) is 36.6 Å². The summed E-state index contributed by atoms with van der Waals surface area (Å²) in [6.45, 7) is 0. The average molecular weight is 435 g/mol. The summed E-state index contributed by atoms with van der Waals surface area (Å²) in [5.74, 6) is -0.571. The van der Waals surface area contributed by atoms with E-state index in [0.29, 0.717) is 16.2 Å². The number of alkyl halides is 3. The van der Waals surface area contributed by atoms with Crippen LogP contribution in [0.3, 0.4) is 0 Å². The third kappa shape index (κ3) is 4.80. The van der Waals surface area contributed by atoms with E-state index >= 15 is 0 Å². The van der Waals surface area contributed by atoms with Gasteiger partial charge >= 0.3 is 6.18 Å². The molecule has 156 valence electrons. The SMILES string of the molecule is NC(C1=CC=C(C(F)(F)F)CC1)=C(C(=O)c1cccc(Cl)c1)C(O)c1cccnc1. The Kier molecular flexibility index (Phi) is 6.43. The van der Waals surface area contributed by atoms with Crippen LogP contribution >= 0.6 is 11.6 Å². The van der Waals surface area contributed by atoms with Gasteiger partial charge in [-0.1, -0.05) is 42.0 Å². The molecule has 0 bridgehead atoms. The lowest BCUT2D eigenvalue weighted by Crippen LogP contribution is -2.21. The number of benzene rings is 1. The van der Waals surface area contributed by atoms with Crippen LogP contribution in [0.5, 0.6) is 0 Å². The summed E-state index contributed by atoms with van der Waals surface area (Å²) in [5, 5.41) is 11.2. The Morgan fingerprint density at radius 2 is 1.93 bits per heavy atom. The Hall–Kier alpha value is -2.90. The van der Waals surface area contributed by atoms with E-state index in [1.54, 1.807) is 24.3 Å². The minimum atomic E-state index is -4.42. The number of hydrogen-bond acceptors (Lipinski definition) is 4. The van der Waals surface area contributed by atoms with Crippen molar-refractivity contribution in [2.24, 2.45) is 5.73 Å². The van der Waals surface area contributed by atoms with E-state index in [1.165, 1.54) is 30.6 Å². The van der Waals surface area contributed by atoms with E-state index in [4.69, 9.17) is 17.3 Å². The molecule has 1 atom stereocenters. The lowest BCUT2D eigenvalue weighted by atomic mass is 9.88. The van der Waals surface area contributed by atoms with Gasteiger partial charge in [0.05, 0.1) is 5.57 Å². The summed E-state index contributed by atoms with van der Waals surface area (Å²) in [4.78, 5) is 17.2. The first kappa shape index (κ1) is 21.8. The Labute approximate surface area is 176 Å². The monoisotopic (exact) mass is 434 g/mol. The van der Waals surface area contributed by atoms with E-state index in [-0.39, 0.29) is 29.7 Å². The number of carbonyl (C=O) groups excluding carboxylic acids is 1. The number of carbonyl (C=O) groups is 1. The van der Waals surface area contributed by atoms with Gasteiger partial charge in [-0.25, -0.2) is 0 Å². The standard InChI is InChI=1S/C22H18ClF3N2O2/c23-17-5-1-3-14(11-17)20(29)18(21(30)15-4-2-10-28-12-15)19(27)13-6-8-16(9-7-13)22(24,25)26/h1-6,8,10-12,21,30H,7,9,27H2. The zero-order valence-corrected chi connectivity index (χ0v) is 16.4. The molecule has 1 aliphatic rings. The third-order valence-corrected chi connectivity index (χ3v) is 4.99. The first-order valence-corrected chi connectivity index (χ1v) is 9.41. The molecule has 4 nitrogen and oxygen atoms in total. The van der Waals surface area contributed by atoms with Crippen molar-refractivity contribution in [2.45, 2.75) is 25.1 Å². The van der Waals surface area contributed by atoms with Gasteiger partial charge in [0.25, 0.3) is 0 Å². The second-order valence-corrected chi connectivity index (χ2v) is 7.17. The first-order valence-electron chi connectivity index (χ1n) is 9.03. The topological polar surface area (TPSA) is 76.2 Å². The van der Waals surface area contributed by atoms with Crippen molar-refractivity contribution in [3.05, 3.63) is 99.5 Å². The van der Waals surface area contributed by atoms with E-state index in [1.807, 2.05) is 0 Å². The number of aromatic nitrogens is 1. The fourth-order valence-corrected chi connectivity index (χ4v) is 3.34. The third-order valence-electron chi connectivity index (χ3n) is 4.75. The highest BCUT2D eigenvalue weighted by molar-refractivity contribution is 6.31. The minimum Gasteiger partial charge on any atom is -0.398 e. The zero-order chi connectivity index (χ0) is 21.9. The highest BCUT2D eigenvalue weighted by atomic mass is 35.5. The van der Waals surface area contributed by atoms with Gasteiger partial charge in [0.15, 0.2) is 5.78 Å². The molecule has 1 heterocycles. The number of nitrogens with zero attached hydrogens (tertiary/aromatic N) is 1. The molecule has 1 aliphatic carbocycles. The summed E-state index contributed by atoms with van der Waals surface area (Å²) in [7, 11) is 0. The largest absolute Gasteiger partial charge is 0.412 e. The van der Waals surface area contributed by atoms with E-state index in [2.05, 4.69) is 4.98 Å². The zero-order valence-electron chi connectivity index (χ0n) is 15.7. The highest BCUT2D eigenvalue weighted by Crippen LogP contribution is 2.36. The van der Waals surface area contributed by atoms with Crippen molar-refractivity contribution in [3.8, 4) is 0 Å². The number of rotatable bonds is 5. The van der Waals surface area contributed by atoms with Crippen molar-refractivity contribution >= 4 is 17.4 Å². The molecule has 0 spiro atoms. The van der Waals surface area contributed by atoms with Crippen LogP contribution in [0.1, 0.15) is 34.9 Å². The van der Waals surface area contributed by atoms with Crippen LogP contribution < -0.4 is 5.73 Å². The molecule has 8 heteroatoms. The van der Waals surface area contributed by atoms with Crippen LogP contribution in [0.15, 0.2) is 83.4 Å². The molecule has 0 radical (unpaired) electrons. The Bertz CT molecular complexity index is 1040. The predicted molar refractivity (Wildman–Crippen MR) is 108 cm³/mol. The van der Waals surface area contributed by atoms with Gasteiger partial charge in [-0.15, -0.1) is 0 Å². The molecule has 30 heavy (non-hydrogen) atoms. The van der Waals surface area contributed by atoms with Crippen LogP contribution in [-0.4, -0.2) is 22.1 Å². The Morgan fingerprint density at radius 1 is 1.17 bits per heavy atom. The second kappa shape index (κ2) is 8.85. The number of ketones is 1. The number of aliphatic hydroxyl groups is 1. The number of allylic oxidation sites excluding steroid dienone is 4. The molecule has 2 aromatic rings. The fraction of sp³-hybridized carbons (Fsp3) is 0.182. The molecule has 3 N–H and O–H groups in total. The molecule has 1 unspecified atom stereocenters. The maximum absolute atomic E-state index is 13.2. The second-order valence-electron chi connectivity index (χ2n) is 6.74. The van der Waals surface area contributed by atoms with E-state index in [9.17, 15) is 23.1 Å². The van der Waals surface area contributed by atoms with Crippen LogP contribution in [-0.2, 0) is 0 Å². The summed E-state index contributed by atoms with van der Waals surface area (Å²) >= 11 is 5.98. The van der Waals surface area contributed by atoms with E-state index in [0.717, 1.165) is 6.08 Å². The average Bonchev–Trinajstić information content (AvgIpc) is 2.73. The minimum absolute atomic E-state index is 0.0107. The predicted octanol–water partition coefficient (Wildman–Crippen LogP) is 5.07. The number of halogens is 4. The van der Waals surface area contributed by atoms with Gasteiger partial charge < -0.3 is 10.8 Å².